The fraction of sp³-hybridized carbons (Fsp3) is 0.263. The second kappa shape index (κ2) is 7.64. The first-order valence-electron chi connectivity index (χ1n) is 7.71. The van der Waals surface area contributed by atoms with Gasteiger partial charge < -0.3 is 15.2 Å². The van der Waals surface area contributed by atoms with Crippen molar-refractivity contribution < 1.29 is 19.4 Å². The van der Waals surface area contributed by atoms with Crippen molar-refractivity contribution in [2.75, 3.05) is 7.11 Å². The number of rotatable bonds is 6. The van der Waals surface area contributed by atoms with E-state index >= 15 is 0 Å². The molecular weight excluding hydrogens is 306 g/mol. The highest BCUT2D eigenvalue weighted by Gasteiger charge is 2.22. The second-order valence-corrected chi connectivity index (χ2v) is 5.80. The second-order valence-electron chi connectivity index (χ2n) is 5.80. The molecule has 5 nitrogen and oxygen atoms in total. The van der Waals surface area contributed by atoms with Gasteiger partial charge >= 0.3 is 5.97 Å². The number of hydrogen-bond donors (Lipinski definition) is 2. The lowest BCUT2D eigenvalue weighted by atomic mass is 10.0. The molecular formula is C19H21NO4. The highest BCUT2D eigenvalue weighted by Crippen LogP contribution is 2.29. The Morgan fingerprint density at radius 1 is 1.17 bits per heavy atom. The predicted molar refractivity (Wildman–Crippen MR) is 93.9 cm³/mol. The molecule has 0 aliphatic rings. The number of fused-ring (bicyclic) bond motifs is 1. The number of carbonyl (C=O) groups is 2. The van der Waals surface area contributed by atoms with Gasteiger partial charge in [0.1, 0.15) is 11.8 Å². The Balaban J connectivity index is 2.29. The molecule has 0 aliphatic heterocycles. The lowest BCUT2D eigenvalue weighted by Crippen LogP contribution is -2.43. The highest BCUT2D eigenvalue weighted by molar-refractivity contribution is 5.99. The van der Waals surface area contributed by atoms with Crippen molar-refractivity contribution in [2.45, 2.75) is 19.9 Å². The molecule has 0 radical (unpaired) electrons. The molecule has 0 fully saturated rings. The Morgan fingerprint density at radius 2 is 1.88 bits per heavy atom. The van der Waals surface area contributed by atoms with Gasteiger partial charge in [-0.1, -0.05) is 44.2 Å². The molecule has 0 heterocycles. The quantitative estimate of drug-likeness (QED) is 0.800. The third-order valence-electron chi connectivity index (χ3n) is 3.78. The van der Waals surface area contributed by atoms with E-state index in [4.69, 9.17) is 9.84 Å². The van der Waals surface area contributed by atoms with Crippen molar-refractivity contribution in [1.29, 1.82) is 0 Å². The number of carboxylic acid groups (broad SMARTS) is 1. The van der Waals surface area contributed by atoms with Crippen LogP contribution in [0.25, 0.3) is 16.8 Å². The molecule has 2 aromatic rings. The molecule has 2 N–H and O–H groups in total. The fourth-order valence-corrected chi connectivity index (χ4v) is 2.50. The van der Waals surface area contributed by atoms with E-state index in [0.717, 1.165) is 16.3 Å². The predicted octanol–water partition coefficient (Wildman–Crippen LogP) is 3.09. The van der Waals surface area contributed by atoms with Gasteiger partial charge in [-0.15, -0.1) is 0 Å². The van der Waals surface area contributed by atoms with Gasteiger partial charge in [0.25, 0.3) is 0 Å². The summed E-state index contributed by atoms with van der Waals surface area (Å²) in [6.45, 7) is 3.49. The minimum absolute atomic E-state index is 0.202. The summed E-state index contributed by atoms with van der Waals surface area (Å²) < 4.78 is 5.37. The molecule has 2 aromatic carbocycles. The summed E-state index contributed by atoms with van der Waals surface area (Å²) in [5.74, 6) is -1.05. The molecule has 0 saturated heterocycles. The van der Waals surface area contributed by atoms with Gasteiger partial charge in [0.2, 0.25) is 5.91 Å². The molecule has 1 amide bonds. The summed E-state index contributed by atoms with van der Waals surface area (Å²) in [5, 5.41) is 13.6. The van der Waals surface area contributed by atoms with Crippen LogP contribution in [0.15, 0.2) is 42.5 Å². The number of carboxylic acids is 1. The van der Waals surface area contributed by atoms with E-state index in [9.17, 15) is 9.59 Å². The standard InChI is InChI=1S/C19H21NO4/c1-12(2)18(19(22)23)20-17(21)11-9-15-14-7-5-4-6-13(14)8-10-16(15)24-3/h4-12,18H,1-3H3,(H,20,21)(H,22,23)/b11-9+. The van der Waals surface area contributed by atoms with Gasteiger partial charge in [-0.3, -0.25) is 4.79 Å². The SMILES string of the molecule is COc1ccc2ccccc2c1/C=C/C(=O)NC(C(=O)O)C(C)C. The van der Waals surface area contributed by atoms with Crippen LogP contribution in [0.5, 0.6) is 5.75 Å². The summed E-state index contributed by atoms with van der Waals surface area (Å²) in [6.07, 6.45) is 2.98. The number of benzene rings is 2. The first-order valence-corrected chi connectivity index (χ1v) is 7.71. The van der Waals surface area contributed by atoms with E-state index in [1.165, 1.54) is 6.08 Å². The van der Waals surface area contributed by atoms with Crippen LogP contribution >= 0.6 is 0 Å². The van der Waals surface area contributed by atoms with Gasteiger partial charge in [-0.2, -0.15) is 0 Å². The molecule has 126 valence electrons. The summed E-state index contributed by atoms with van der Waals surface area (Å²) in [7, 11) is 1.57. The van der Waals surface area contributed by atoms with Crippen LogP contribution in [-0.4, -0.2) is 30.1 Å². The average molecular weight is 327 g/mol. The van der Waals surface area contributed by atoms with E-state index in [2.05, 4.69) is 5.32 Å². The number of hydrogen-bond acceptors (Lipinski definition) is 3. The molecule has 0 spiro atoms. The maximum Gasteiger partial charge on any atom is 0.326 e. The van der Waals surface area contributed by atoms with Crippen molar-refractivity contribution in [3.05, 3.63) is 48.0 Å². The average Bonchev–Trinajstić information content (AvgIpc) is 2.56. The van der Waals surface area contributed by atoms with E-state index < -0.39 is 17.9 Å². The van der Waals surface area contributed by atoms with Gasteiger partial charge in [0.05, 0.1) is 7.11 Å². The lowest BCUT2D eigenvalue weighted by Gasteiger charge is -2.16. The van der Waals surface area contributed by atoms with Gasteiger partial charge in [0.15, 0.2) is 0 Å². The van der Waals surface area contributed by atoms with Crippen LogP contribution in [0.4, 0.5) is 0 Å². The lowest BCUT2D eigenvalue weighted by molar-refractivity contribution is -0.142. The minimum Gasteiger partial charge on any atom is -0.496 e. The zero-order chi connectivity index (χ0) is 17.7. The van der Waals surface area contributed by atoms with E-state index in [1.54, 1.807) is 27.0 Å². The maximum atomic E-state index is 12.1. The van der Waals surface area contributed by atoms with Crippen LogP contribution in [-0.2, 0) is 9.59 Å². The van der Waals surface area contributed by atoms with Crippen molar-refractivity contribution in [3.8, 4) is 5.75 Å². The van der Waals surface area contributed by atoms with Crippen LogP contribution in [0.3, 0.4) is 0 Å². The van der Waals surface area contributed by atoms with E-state index in [0.29, 0.717) is 5.75 Å². The Kier molecular flexibility index (Phi) is 5.58. The van der Waals surface area contributed by atoms with Crippen LogP contribution in [0, 0.1) is 5.92 Å². The van der Waals surface area contributed by atoms with Crippen molar-refractivity contribution in [2.24, 2.45) is 5.92 Å². The Labute approximate surface area is 140 Å². The highest BCUT2D eigenvalue weighted by atomic mass is 16.5. The normalized spacial score (nSPS) is 12.5. The number of methoxy groups -OCH3 is 1. The monoisotopic (exact) mass is 327 g/mol. The maximum absolute atomic E-state index is 12.1. The van der Waals surface area contributed by atoms with Crippen LogP contribution < -0.4 is 10.1 Å². The summed E-state index contributed by atoms with van der Waals surface area (Å²) >= 11 is 0. The van der Waals surface area contributed by atoms with Gasteiger partial charge in [-0.05, 0) is 28.8 Å². The largest absolute Gasteiger partial charge is 0.496 e. The molecule has 0 aliphatic carbocycles. The number of ether oxygens (including phenoxy) is 1. The zero-order valence-corrected chi connectivity index (χ0v) is 13.9. The molecule has 0 bridgehead atoms. The molecule has 1 atom stereocenters. The molecule has 2 rings (SSSR count). The minimum atomic E-state index is -1.05. The zero-order valence-electron chi connectivity index (χ0n) is 13.9. The summed E-state index contributed by atoms with van der Waals surface area (Å²) in [4.78, 5) is 23.2. The third kappa shape index (κ3) is 3.93. The number of carbonyl (C=O) groups excluding carboxylic acids is 1. The number of nitrogens with one attached hydrogen (secondary N) is 1. The number of amides is 1. The van der Waals surface area contributed by atoms with Crippen molar-refractivity contribution >= 4 is 28.7 Å². The fourth-order valence-electron chi connectivity index (χ4n) is 2.50. The Bertz CT molecular complexity index is 780. The third-order valence-corrected chi connectivity index (χ3v) is 3.78. The van der Waals surface area contributed by atoms with Gasteiger partial charge in [0, 0.05) is 11.6 Å². The topological polar surface area (TPSA) is 75.6 Å². The van der Waals surface area contributed by atoms with Crippen molar-refractivity contribution in [1.82, 2.24) is 5.32 Å². The summed E-state index contributed by atoms with van der Waals surface area (Å²) in [5.41, 5.74) is 0.780. The van der Waals surface area contributed by atoms with E-state index in [1.807, 2.05) is 36.4 Å². The van der Waals surface area contributed by atoms with Crippen LogP contribution in [0.1, 0.15) is 19.4 Å². The summed E-state index contributed by atoms with van der Waals surface area (Å²) in [6, 6.07) is 10.7. The first-order chi connectivity index (χ1) is 11.4. The van der Waals surface area contributed by atoms with E-state index in [-0.39, 0.29) is 5.92 Å². The molecule has 0 saturated carbocycles. The van der Waals surface area contributed by atoms with Gasteiger partial charge in [-0.25, -0.2) is 4.79 Å². The Morgan fingerprint density at radius 3 is 2.50 bits per heavy atom. The molecule has 5 heteroatoms. The Hall–Kier alpha value is -2.82. The number of aliphatic carboxylic acids is 1. The molecule has 0 aromatic heterocycles. The van der Waals surface area contributed by atoms with Crippen LogP contribution in [0.2, 0.25) is 0 Å². The first kappa shape index (κ1) is 17.5. The smallest absolute Gasteiger partial charge is 0.326 e. The van der Waals surface area contributed by atoms with Crippen molar-refractivity contribution in [3.63, 3.8) is 0 Å². The molecule has 24 heavy (non-hydrogen) atoms. The molecule has 1 unspecified atom stereocenters.